The van der Waals surface area contributed by atoms with E-state index in [0.717, 1.165) is 0 Å². The highest BCUT2D eigenvalue weighted by Crippen LogP contribution is 2.27. The van der Waals surface area contributed by atoms with E-state index >= 15 is 0 Å². The van der Waals surface area contributed by atoms with Crippen molar-refractivity contribution in [2.75, 3.05) is 5.32 Å². The van der Waals surface area contributed by atoms with Gasteiger partial charge in [0, 0.05) is 12.6 Å². The second-order valence-electron chi connectivity index (χ2n) is 8.33. The SMILES string of the molecule is N#Cc1ccc(OC2=C3NC(=O)C(Cc4c[nH]cn4)N=C3NC(Oc3ccccc3NC(=N)N)=N2)cc1C(=O)O. The molecule has 3 heterocycles. The number of para-hydroxylation sites is 2. The predicted molar refractivity (Wildman–Crippen MR) is 141 cm³/mol. The van der Waals surface area contributed by atoms with E-state index in [1.54, 1.807) is 30.5 Å². The number of nitrogens with one attached hydrogen (secondary N) is 5. The maximum Gasteiger partial charge on any atom is 0.337 e. The number of imidazole rings is 1. The Labute approximate surface area is 225 Å². The third kappa shape index (κ3) is 5.40. The fourth-order valence-electron chi connectivity index (χ4n) is 3.81. The van der Waals surface area contributed by atoms with Crippen LogP contribution < -0.4 is 31.2 Å². The number of carboxylic acids is 1. The first-order valence-corrected chi connectivity index (χ1v) is 11.6. The van der Waals surface area contributed by atoms with Crippen LogP contribution in [0.5, 0.6) is 11.5 Å². The van der Waals surface area contributed by atoms with Gasteiger partial charge < -0.3 is 35.9 Å². The normalized spacial score (nSPS) is 15.9. The van der Waals surface area contributed by atoms with E-state index in [1.165, 1.54) is 24.5 Å². The molecule has 1 amide bonds. The molecule has 2 aromatic carbocycles. The number of nitrogens with two attached hydrogens (primary N) is 1. The number of hydrogen-bond donors (Lipinski definition) is 7. The number of fused-ring (bicyclic) bond motifs is 1. The van der Waals surface area contributed by atoms with Crippen LogP contribution in [0.25, 0.3) is 0 Å². The second kappa shape index (κ2) is 10.7. The number of benzene rings is 2. The summed E-state index contributed by atoms with van der Waals surface area (Å²) in [5, 5.41) is 34.6. The number of carbonyl (C=O) groups excluding carboxylic acids is 1. The third-order valence-electron chi connectivity index (χ3n) is 5.59. The van der Waals surface area contributed by atoms with Crippen LogP contribution in [-0.2, 0) is 11.2 Å². The van der Waals surface area contributed by atoms with Crippen LogP contribution in [0.1, 0.15) is 21.6 Å². The number of amides is 1. The number of aromatic amines is 1. The van der Waals surface area contributed by atoms with Crippen molar-refractivity contribution in [2.24, 2.45) is 15.7 Å². The molecule has 15 heteroatoms. The number of ether oxygens (including phenoxy) is 2. The number of amidine groups is 2. The predicted octanol–water partition coefficient (Wildman–Crippen LogP) is 1.01. The number of nitrogens with zero attached hydrogens (tertiary/aromatic N) is 4. The van der Waals surface area contributed by atoms with Crippen molar-refractivity contribution in [1.29, 1.82) is 10.7 Å². The molecule has 0 fully saturated rings. The fraction of sp³-hybridized carbons (Fsp3) is 0.0800. The quantitative estimate of drug-likeness (QED) is 0.166. The van der Waals surface area contributed by atoms with Gasteiger partial charge in [-0.1, -0.05) is 12.1 Å². The molecule has 15 nitrogen and oxygen atoms in total. The zero-order valence-electron chi connectivity index (χ0n) is 20.4. The lowest BCUT2D eigenvalue weighted by atomic mass is 10.1. The molecule has 0 bridgehead atoms. The van der Waals surface area contributed by atoms with Crippen molar-refractivity contribution >= 4 is 35.4 Å². The number of carbonyl (C=O) groups is 2. The Balaban J connectivity index is 1.53. The minimum absolute atomic E-state index is 0.0368. The van der Waals surface area contributed by atoms with E-state index in [4.69, 9.17) is 20.6 Å². The Kier molecular flexibility index (Phi) is 6.80. The van der Waals surface area contributed by atoms with Gasteiger partial charge in [0.05, 0.1) is 28.8 Å². The molecule has 1 unspecified atom stereocenters. The van der Waals surface area contributed by atoms with Crippen molar-refractivity contribution in [3.63, 3.8) is 0 Å². The Morgan fingerprint density at radius 3 is 2.77 bits per heavy atom. The lowest BCUT2D eigenvalue weighted by Crippen LogP contribution is -2.51. The molecule has 3 aromatic rings. The molecule has 200 valence electrons. The number of guanidine groups is 1. The summed E-state index contributed by atoms with van der Waals surface area (Å²) in [5.41, 5.74) is 6.24. The number of H-pyrrole nitrogens is 1. The highest BCUT2D eigenvalue weighted by Gasteiger charge is 2.34. The van der Waals surface area contributed by atoms with Crippen LogP contribution >= 0.6 is 0 Å². The molecule has 0 saturated carbocycles. The van der Waals surface area contributed by atoms with Gasteiger partial charge in [-0.05, 0) is 30.3 Å². The summed E-state index contributed by atoms with van der Waals surface area (Å²) in [5.74, 6) is -1.76. The van der Waals surface area contributed by atoms with Gasteiger partial charge in [-0.3, -0.25) is 20.5 Å². The highest BCUT2D eigenvalue weighted by atomic mass is 16.5. The zero-order valence-corrected chi connectivity index (χ0v) is 20.4. The Hall–Kier alpha value is -6.17. The lowest BCUT2D eigenvalue weighted by molar-refractivity contribution is -0.121. The number of nitriles is 1. The Morgan fingerprint density at radius 1 is 1.23 bits per heavy atom. The van der Waals surface area contributed by atoms with E-state index in [0.29, 0.717) is 11.4 Å². The molecule has 0 saturated heterocycles. The molecular formula is C25H20N10O5. The van der Waals surface area contributed by atoms with E-state index in [2.05, 4.69) is 35.9 Å². The van der Waals surface area contributed by atoms with Crippen LogP contribution in [0.3, 0.4) is 0 Å². The number of anilines is 1. The summed E-state index contributed by atoms with van der Waals surface area (Å²) in [6.45, 7) is 0. The van der Waals surface area contributed by atoms with Crippen molar-refractivity contribution in [2.45, 2.75) is 12.5 Å². The van der Waals surface area contributed by atoms with Gasteiger partial charge in [-0.15, -0.1) is 0 Å². The first kappa shape index (κ1) is 25.5. The van der Waals surface area contributed by atoms with E-state index in [1.807, 2.05) is 6.07 Å². The fourth-order valence-corrected chi connectivity index (χ4v) is 3.81. The smallest absolute Gasteiger partial charge is 0.337 e. The molecule has 2 aliphatic heterocycles. The van der Waals surface area contributed by atoms with Crippen LogP contribution in [0.2, 0.25) is 0 Å². The zero-order chi connectivity index (χ0) is 28.2. The van der Waals surface area contributed by atoms with Crippen molar-refractivity contribution < 1.29 is 24.2 Å². The van der Waals surface area contributed by atoms with E-state index in [9.17, 15) is 20.0 Å². The van der Waals surface area contributed by atoms with Crippen LogP contribution in [0.4, 0.5) is 5.69 Å². The first-order chi connectivity index (χ1) is 19.3. The minimum Gasteiger partial charge on any atom is -0.478 e. The summed E-state index contributed by atoms with van der Waals surface area (Å²) in [4.78, 5) is 40.4. The van der Waals surface area contributed by atoms with Crippen molar-refractivity contribution in [3.8, 4) is 17.6 Å². The number of hydrogen-bond acceptors (Lipinski definition) is 10. The van der Waals surface area contributed by atoms with Crippen LogP contribution in [0, 0.1) is 16.7 Å². The first-order valence-electron chi connectivity index (χ1n) is 11.6. The molecule has 1 aromatic heterocycles. The van der Waals surface area contributed by atoms with E-state index in [-0.39, 0.29) is 58.4 Å². The molecule has 5 rings (SSSR count). The summed E-state index contributed by atoms with van der Waals surface area (Å²) < 4.78 is 11.8. The van der Waals surface area contributed by atoms with Crippen LogP contribution in [0.15, 0.2) is 76.6 Å². The van der Waals surface area contributed by atoms with Crippen molar-refractivity contribution in [3.05, 3.63) is 83.4 Å². The standard InChI is InChI=1S/C25H20N10O5/c26-9-12-5-6-14(8-15(12)23(37)38)39-22-19-20(31-17(21(36)33-19)7-13-10-29-11-30-13)34-25(35-22)40-18-4-2-1-3-16(18)32-24(27)28/h1-6,8,10-11,17H,7H2,(H,29,30)(H,33,36)(H,37,38)(H4,27,28,32)(H,31,34,35). The maximum absolute atomic E-state index is 12.9. The Morgan fingerprint density at radius 2 is 2.05 bits per heavy atom. The molecule has 0 aliphatic carbocycles. The van der Waals surface area contributed by atoms with Crippen molar-refractivity contribution in [1.82, 2.24) is 20.6 Å². The largest absolute Gasteiger partial charge is 0.478 e. The maximum atomic E-state index is 12.9. The van der Waals surface area contributed by atoms with Gasteiger partial charge in [-0.2, -0.15) is 10.3 Å². The summed E-state index contributed by atoms with van der Waals surface area (Å²) in [7, 11) is 0. The number of carboxylic acid groups (broad SMARTS) is 1. The molecule has 0 spiro atoms. The molecule has 40 heavy (non-hydrogen) atoms. The number of aromatic carboxylic acids is 1. The molecule has 8 N–H and O–H groups in total. The van der Waals surface area contributed by atoms with Gasteiger partial charge in [-0.25, -0.2) is 9.78 Å². The molecule has 0 radical (unpaired) electrons. The van der Waals surface area contributed by atoms with Gasteiger partial charge >= 0.3 is 12.0 Å². The minimum atomic E-state index is -1.32. The van der Waals surface area contributed by atoms with E-state index < -0.39 is 17.9 Å². The van der Waals surface area contributed by atoms with Crippen LogP contribution in [-0.4, -0.2) is 50.8 Å². The molecule has 2 aliphatic rings. The third-order valence-corrected chi connectivity index (χ3v) is 5.59. The number of aromatic nitrogens is 2. The lowest BCUT2D eigenvalue weighted by Gasteiger charge is -2.28. The van der Waals surface area contributed by atoms with Gasteiger partial charge in [0.25, 0.3) is 5.88 Å². The summed E-state index contributed by atoms with van der Waals surface area (Å²) in [6, 6.07) is 11.4. The second-order valence-corrected chi connectivity index (χ2v) is 8.33. The molecular weight excluding hydrogens is 520 g/mol. The van der Waals surface area contributed by atoms with Gasteiger partial charge in [0.15, 0.2) is 17.5 Å². The molecule has 1 atom stereocenters. The van der Waals surface area contributed by atoms with Gasteiger partial charge in [0.1, 0.15) is 23.6 Å². The number of aliphatic imine (C=N–C) groups is 2. The topological polar surface area (TPSA) is 236 Å². The average Bonchev–Trinajstić information content (AvgIpc) is 3.43. The number of rotatable bonds is 7. The average molecular weight is 541 g/mol. The highest BCUT2D eigenvalue weighted by molar-refractivity contribution is 6.14. The summed E-state index contributed by atoms with van der Waals surface area (Å²) >= 11 is 0. The van der Waals surface area contributed by atoms with Gasteiger partial charge in [0.2, 0.25) is 5.91 Å². The Bertz CT molecular complexity index is 1650. The monoisotopic (exact) mass is 540 g/mol. The summed E-state index contributed by atoms with van der Waals surface area (Å²) in [6.07, 6.45) is 3.36.